The summed E-state index contributed by atoms with van der Waals surface area (Å²) < 4.78 is 47.2. The number of nitrogens with zero attached hydrogens (tertiary/aromatic N) is 6. The Balaban J connectivity index is 1.93. The zero-order valence-corrected chi connectivity index (χ0v) is 14.4. The van der Waals surface area contributed by atoms with Gasteiger partial charge < -0.3 is 15.4 Å². The van der Waals surface area contributed by atoms with Crippen LogP contribution in [0.4, 0.5) is 24.9 Å². The van der Waals surface area contributed by atoms with Crippen LogP contribution in [0, 0.1) is 6.92 Å². The van der Waals surface area contributed by atoms with Crippen molar-refractivity contribution in [3.63, 3.8) is 0 Å². The average Bonchev–Trinajstić information content (AvgIpc) is 3.01. The van der Waals surface area contributed by atoms with Crippen LogP contribution in [-0.2, 0) is 10.9 Å². The molecule has 3 aromatic heterocycles. The molecule has 0 amide bonds. The summed E-state index contributed by atoms with van der Waals surface area (Å²) in [7, 11) is 0. The van der Waals surface area contributed by atoms with E-state index in [1.54, 1.807) is 6.20 Å². The van der Waals surface area contributed by atoms with Crippen LogP contribution in [0.2, 0.25) is 0 Å². The van der Waals surface area contributed by atoms with Gasteiger partial charge in [-0.3, -0.25) is 0 Å². The second kappa shape index (κ2) is 6.34. The lowest BCUT2D eigenvalue weighted by atomic mass is 10.2. The van der Waals surface area contributed by atoms with Gasteiger partial charge in [0, 0.05) is 25.5 Å². The molecule has 1 aliphatic heterocycles. The fraction of sp³-hybridized carbons (Fsp3) is 0.375. The van der Waals surface area contributed by atoms with E-state index in [1.165, 1.54) is 4.52 Å². The summed E-state index contributed by atoms with van der Waals surface area (Å²) in [4.78, 5) is 13.5. The Morgan fingerprint density at radius 3 is 2.63 bits per heavy atom. The van der Waals surface area contributed by atoms with Crippen LogP contribution < -0.4 is 10.6 Å². The van der Waals surface area contributed by atoms with Gasteiger partial charge in [-0.05, 0) is 18.6 Å². The molecule has 1 aliphatic rings. The van der Waals surface area contributed by atoms with Gasteiger partial charge in [-0.25, -0.2) is 19.5 Å². The van der Waals surface area contributed by atoms with Crippen LogP contribution in [0.3, 0.4) is 0 Å². The molecule has 0 atom stereocenters. The molecular formula is C16H16F3N7O. The molecule has 0 bridgehead atoms. The minimum atomic E-state index is -4.71. The number of nitrogens with two attached hydrogens (primary N) is 1. The number of aromatic nitrogens is 5. The normalized spacial score (nSPS) is 15.5. The Morgan fingerprint density at radius 2 is 1.93 bits per heavy atom. The Morgan fingerprint density at radius 1 is 1.19 bits per heavy atom. The summed E-state index contributed by atoms with van der Waals surface area (Å²) in [5.41, 5.74) is 5.50. The van der Waals surface area contributed by atoms with Crippen LogP contribution in [0.5, 0.6) is 0 Å². The van der Waals surface area contributed by atoms with E-state index in [1.807, 2.05) is 17.9 Å². The molecule has 8 nitrogen and oxygen atoms in total. The van der Waals surface area contributed by atoms with Crippen LogP contribution in [0.15, 0.2) is 18.5 Å². The zero-order valence-electron chi connectivity index (χ0n) is 14.4. The van der Waals surface area contributed by atoms with E-state index in [0.717, 1.165) is 11.8 Å². The van der Waals surface area contributed by atoms with Crippen molar-refractivity contribution >= 4 is 17.3 Å². The monoisotopic (exact) mass is 379 g/mol. The van der Waals surface area contributed by atoms with Gasteiger partial charge in [-0.1, -0.05) is 0 Å². The molecule has 27 heavy (non-hydrogen) atoms. The molecule has 0 aromatic carbocycles. The first-order valence-electron chi connectivity index (χ1n) is 8.23. The number of anilines is 2. The highest BCUT2D eigenvalue weighted by Gasteiger charge is 2.37. The van der Waals surface area contributed by atoms with Crippen molar-refractivity contribution in [2.45, 2.75) is 13.1 Å². The standard InChI is InChI=1S/C16H16F3N7O/c1-9-6-11-14(25-2-4-27-5-3-25)23-13(24-26(11)8-9)10-7-21-15(20)22-12(10)16(17,18)19/h6-8H,2-5H2,1H3,(H2,20,21,22). The highest BCUT2D eigenvalue weighted by Crippen LogP contribution is 2.35. The van der Waals surface area contributed by atoms with Gasteiger partial charge in [-0.2, -0.15) is 13.2 Å². The number of hydrogen-bond acceptors (Lipinski definition) is 7. The van der Waals surface area contributed by atoms with Crippen LogP contribution >= 0.6 is 0 Å². The first kappa shape index (κ1) is 17.5. The number of morpholine rings is 1. The fourth-order valence-electron chi connectivity index (χ4n) is 3.01. The molecule has 1 saturated heterocycles. The number of hydrogen-bond donors (Lipinski definition) is 1. The van der Waals surface area contributed by atoms with E-state index in [4.69, 9.17) is 10.5 Å². The third-order valence-corrected chi connectivity index (χ3v) is 4.21. The summed E-state index contributed by atoms with van der Waals surface area (Å²) >= 11 is 0. The van der Waals surface area contributed by atoms with Crippen molar-refractivity contribution in [2.24, 2.45) is 0 Å². The second-order valence-corrected chi connectivity index (χ2v) is 6.19. The largest absolute Gasteiger partial charge is 0.434 e. The molecule has 0 unspecified atom stereocenters. The van der Waals surface area contributed by atoms with E-state index >= 15 is 0 Å². The van der Waals surface area contributed by atoms with Crippen LogP contribution in [-0.4, -0.2) is 50.9 Å². The van der Waals surface area contributed by atoms with Gasteiger partial charge in [0.25, 0.3) is 0 Å². The number of aryl methyl sites for hydroxylation is 1. The predicted octanol–water partition coefficient (Wildman–Crippen LogP) is 1.93. The van der Waals surface area contributed by atoms with Crippen molar-refractivity contribution in [3.8, 4) is 11.4 Å². The summed E-state index contributed by atoms with van der Waals surface area (Å²) in [5.74, 6) is -0.0365. The van der Waals surface area contributed by atoms with Gasteiger partial charge in [-0.15, -0.1) is 5.10 Å². The SMILES string of the molecule is Cc1cc2c(N3CCOCC3)nc(-c3cnc(N)nc3C(F)(F)F)nn2c1. The molecule has 0 aliphatic carbocycles. The molecule has 2 N–H and O–H groups in total. The number of rotatable bonds is 2. The Kier molecular flexibility index (Phi) is 4.10. The number of fused-ring (bicyclic) bond motifs is 1. The minimum Gasteiger partial charge on any atom is -0.378 e. The maximum atomic E-state index is 13.5. The predicted molar refractivity (Wildman–Crippen MR) is 91.2 cm³/mol. The minimum absolute atomic E-state index is 0.119. The first-order valence-corrected chi connectivity index (χ1v) is 8.23. The Labute approximate surface area is 151 Å². The third-order valence-electron chi connectivity index (χ3n) is 4.21. The van der Waals surface area contributed by atoms with E-state index < -0.39 is 17.8 Å². The summed E-state index contributed by atoms with van der Waals surface area (Å²) in [6.45, 7) is 4.08. The van der Waals surface area contributed by atoms with Crippen LogP contribution in [0.1, 0.15) is 11.3 Å². The maximum absolute atomic E-state index is 13.5. The lowest BCUT2D eigenvalue weighted by Gasteiger charge is -2.28. The van der Waals surface area contributed by atoms with E-state index in [0.29, 0.717) is 37.6 Å². The molecule has 1 fully saturated rings. The van der Waals surface area contributed by atoms with E-state index in [-0.39, 0.29) is 11.4 Å². The zero-order chi connectivity index (χ0) is 19.2. The molecule has 142 valence electrons. The van der Waals surface area contributed by atoms with Gasteiger partial charge in [0.05, 0.1) is 18.8 Å². The maximum Gasteiger partial charge on any atom is 0.434 e. The smallest absolute Gasteiger partial charge is 0.378 e. The lowest BCUT2D eigenvalue weighted by Crippen LogP contribution is -2.37. The number of alkyl halides is 3. The molecular weight excluding hydrogens is 363 g/mol. The molecule has 0 radical (unpaired) electrons. The third kappa shape index (κ3) is 3.25. The van der Waals surface area contributed by atoms with Crippen molar-refractivity contribution in [3.05, 3.63) is 29.7 Å². The van der Waals surface area contributed by atoms with Crippen molar-refractivity contribution < 1.29 is 17.9 Å². The van der Waals surface area contributed by atoms with Crippen molar-refractivity contribution in [2.75, 3.05) is 36.9 Å². The Hall–Kier alpha value is -2.95. The number of halogens is 3. The summed E-state index contributed by atoms with van der Waals surface area (Å²) in [6, 6.07) is 1.89. The van der Waals surface area contributed by atoms with E-state index in [9.17, 15) is 13.2 Å². The van der Waals surface area contributed by atoms with Gasteiger partial charge in [0.2, 0.25) is 5.95 Å². The Bertz CT molecular complexity index is 996. The molecule has 0 spiro atoms. The molecule has 3 aromatic rings. The highest BCUT2D eigenvalue weighted by molar-refractivity contribution is 5.73. The topological polar surface area (TPSA) is 94.5 Å². The van der Waals surface area contributed by atoms with Gasteiger partial charge in [0.1, 0.15) is 5.52 Å². The molecule has 11 heteroatoms. The summed E-state index contributed by atoms with van der Waals surface area (Å²) in [6.07, 6.45) is -1.97. The summed E-state index contributed by atoms with van der Waals surface area (Å²) in [5, 5.41) is 4.25. The number of ether oxygens (including phenoxy) is 1. The molecule has 4 heterocycles. The van der Waals surface area contributed by atoms with Crippen molar-refractivity contribution in [1.82, 2.24) is 24.6 Å². The van der Waals surface area contributed by atoms with Gasteiger partial charge in [0.15, 0.2) is 17.3 Å². The van der Waals surface area contributed by atoms with Crippen LogP contribution in [0.25, 0.3) is 16.9 Å². The number of nitrogen functional groups attached to an aromatic ring is 1. The fourth-order valence-corrected chi connectivity index (χ4v) is 3.01. The average molecular weight is 379 g/mol. The lowest BCUT2D eigenvalue weighted by molar-refractivity contribution is -0.140. The van der Waals surface area contributed by atoms with E-state index in [2.05, 4.69) is 20.1 Å². The second-order valence-electron chi connectivity index (χ2n) is 6.19. The first-order chi connectivity index (χ1) is 12.8. The van der Waals surface area contributed by atoms with Crippen molar-refractivity contribution in [1.29, 1.82) is 0 Å². The highest BCUT2D eigenvalue weighted by atomic mass is 19.4. The molecule has 0 saturated carbocycles. The quantitative estimate of drug-likeness (QED) is 0.727. The van der Waals surface area contributed by atoms with Gasteiger partial charge >= 0.3 is 6.18 Å². The molecule has 4 rings (SSSR count).